The largest absolute Gasteiger partial charge is 0.392 e. The molecule has 0 rings (SSSR count). The lowest BCUT2D eigenvalue weighted by Crippen LogP contribution is -2.40. The number of sulfone groups is 1. The Labute approximate surface area is 102 Å². The van der Waals surface area contributed by atoms with Crippen LogP contribution in [0.4, 0.5) is 0 Å². The van der Waals surface area contributed by atoms with Crippen molar-refractivity contribution < 1.29 is 16.8 Å². The SMILES string of the molecule is CCCN(CC(N)=S)S(=O)(=O)CS(C)(=O)=O. The van der Waals surface area contributed by atoms with Gasteiger partial charge in [0, 0.05) is 12.8 Å². The third-order valence-electron chi connectivity index (χ3n) is 1.56. The summed E-state index contributed by atoms with van der Waals surface area (Å²) >= 11 is 4.62. The fourth-order valence-corrected chi connectivity index (χ4v) is 4.88. The summed E-state index contributed by atoms with van der Waals surface area (Å²) in [6.45, 7) is 1.86. The number of nitrogens with two attached hydrogens (primary N) is 1. The smallest absolute Gasteiger partial charge is 0.228 e. The zero-order valence-electron chi connectivity index (χ0n) is 9.21. The van der Waals surface area contributed by atoms with Crippen LogP contribution in [-0.4, -0.2) is 50.6 Å². The third kappa shape index (κ3) is 6.36. The van der Waals surface area contributed by atoms with Crippen LogP contribution in [0.1, 0.15) is 13.3 Å². The van der Waals surface area contributed by atoms with Crippen LogP contribution in [0.5, 0.6) is 0 Å². The third-order valence-corrected chi connectivity index (χ3v) is 5.69. The first kappa shape index (κ1) is 15.8. The minimum Gasteiger partial charge on any atom is -0.392 e. The summed E-state index contributed by atoms with van der Waals surface area (Å²) in [7, 11) is -7.45. The number of hydrogen-bond donors (Lipinski definition) is 1. The fraction of sp³-hybridized carbons (Fsp3) is 0.857. The average Bonchev–Trinajstić information content (AvgIpc) is 1.97. The van der Waals surface area contributed by atoms with Crippen LogP contribution in [0.15, 0.2) is 0 Å². The van der Waals surface area contributed by atoms with Crippen molar-refractivity contribution in [3.63, 3.8) is 0 Å². The lowest BCUT2D eigenvalue weighted by Gasteiger charge is -2.20. The van der Waals surface area contributed by atoms with Gasteiger partial charge < -0.3 is 5.73 Å². The summed E-state index contributed by atoms with van der Waals surface area (Å²) in [5.74, 6) is 0. The predicted molar refractivity (Wildman–Crippen MR) is 67.3 cm³/mol. The lowest BCUT2D eigenvalue weighted by atomic mass is 10.5. The highest BCUT2D eigenvalue weighted by Gasteiger charge is 2.26. The van der Waals surface area contributed by atoms with E-state index in [4.69, 9.17) is 5.73 Å². The van der Waals surface area contributed by atoms with Gasteiger partial charge in [-0.25, -0.2) is 16.8 Å². The molecule has 0 spiro atoms. The van der Waals surface area contributed by atoms with Crippen LogP contribution < -0.4 is 5.73 Å². The highest BCUT2D eigenvalue weighted by molar-refractivity contribution is 8.06. The topological polar surface area (TPSA) is 97.5 Å². The molecule has 96 valence electrons. The number of nitrogens with zero attached hydrogens (tertiary/aromatic N) is 1. The van der Waals surface area contributed by atoms with Crippen molar-refractivity contribution in [2.75, 3.05) is 24.4 Å². The van der Waals surface area contributed by atoms with Crippen molar-refractivity contribution >= 4 is 37.1 Å². The molecule has 0 heterocycles. The summed E-state index contributed by atoms with van der Waals surface area (Å²) < 4.78 is 46.3. The van der Waals surface area contributed by atoms with E-state index in [0.29, 0.717) is 6.42 Å². The molecule has 0 unspecified atom stereocenters. The van der Waals surface area contributed by atoms with E-state index in [2.05, 4.69) is 12.2 Å². The normalized spacial score (nSPS) is 12.9. The van der Waals surface area contributed by atoms with Gasteiger partial charge in [0.2, 0.25) is 10.0 Å². The monoisotopic (exact) mass is 288 g/mol. The summed E-state index contributed by atoms with van der Waals surface area (Å²) in [6, 6.07) is 0. The van der Waals surface area contributed by atoms with Gasteiger partial charge in [0.25, 0.3) is 0 Å². The van der Waals surface area contributed by atoms with E-state index in [0.717, 1.165) is 10.6 Å². The van der Waals surface area contributed by atoms with Crippen molar-refractivity contribution in [1.82, 2.24) is 4.31 Å². The molecule has 0 aromatic carbocycles. The van der Waals surface area contributed by atoms with E-state index in [1.165, 1.54) is 0 Å². The van der Waals surface area contributed by atoms with Gasteiger partial charge in [-0.1, -0.05) is 19.1 Å². The maximum absolute atomic E-state index is 11.7. The Hall–Kier alpha value is -0.250. The molecule has 0 amide bonds. The van der Waals surface area contributed by atoms with Crippen molar-refractivity contribution in [3.05, 3.63) is 0 Å². The molecule has 0 fully saturated rings. The first-order valence-electron chi connectivity index (χ1n) is 4.52. The van der Waals surface area contributed by atoms with Crippen LogP contribution in [0.25, 0.3) is 0 Å². The zero-order valence-corrected chi connectivity index (χ0v) is 11.7. The molecule has 0 aromatic heterocycles. The van der Waals surface area contributed by atoms with Gasteiger partial charge in [-0.3, -0.25) is 0 Å². The summed E-state index contributed by atoms with van der Waals surface area (Å²) in [6.07, 6.45) is 1.43. The fourth-order valence-electron chi connectivity index (χ4n) is 1.08. The van der Waals surface area contributed by atoms with Crippen molar-refractivity contribution in [1.29, 1.82) is 0 Å². The number of rotatable bonds is 7. The minimum atomic E-state index is -3.86. The van der Waals surface area contributed by atoms with E-state index >= 15 is 0 Å². The molecule has 0 aliphatic heterocycles. The molecule has 0 bridgehead atoms. The highest BCUT2D eigenvalue weighted by Crippen LogP contribution is 2.05. The van der Waals surface area contributed by atoms with E-state index < -0.39 is 24.9 Å². The second-order valence-corrected chi connectivity index (χ2v) is 8.45. The Kier molecular flexibility index (Phi) is 5.80. The molecule has 0 aliphatic rings. The van der Waals surface area contributed by atoms with Crippen LogP contribution >= 0.6 is 12.2 Å². The highest BCUT2D eigenvalue weighted by atomic mass is 32.3. The van der Waals surface area contributed by atoms with Gasteiger partial charge in [-0.2, -0.15) is 4.31 Å². The van der Waals surface area contributed by atoms with Gasteiger partial charge in [-0.05, 0) is 6.42 Å². The Morgan fingerprint density at radius 1 is 1.31 bits per heavy atom. The Morgan fingerprint density at radius 3 is 2.12 bits per heavy atom. The molecular formula is C7H16N2O4S3. The molecule has 0 aromatic rings. The molecule has 0 atom stereocenters. The second kappa shape index (κ2) is 5.89. The standard InChI is InChI=1S/C7H16N2O4S3/c1-3-4-9(5-7(8)14)16(12,13)6-15(2,10)11/h3-6H2,1-2H3,(H2,8,14). The number of thiocarbonyl (C=S) groups is 1. The Balaban J connectivity index is 4.97. The maximum atomic E-state index is 11.7. The molecule has 2 N–H and O–H groups in total. The number of hydrogen-bond acceptors (Lipinski definition) is 5. The summed E-state index contributed by atoms with van der Waals surface area (Å²) in [5.41, 5.74) is 5.26. The van der Waals surface area contributed by atoms with Gasteiger partial charge >= 0.3 is 0 Å². The lowest BCUT2D eigenvalue weighted by molar-refractivity contribution is 0.452. The van der Waals surface area contributed by atoms with Crippen molar-refractivity contribution in [2.45, 2.75) is 13.3 Å². The molecule has 9 heteroatoms. The van der Waals surface area contributed by atoms with Gasteiger partial charge in [-0.15, -0.1) is 0 Å². The first-order chi connectivity index (χ1) is 7.08. The molecule has 16 heavy (non-hydrogen) atoms. The van der Waals surface area contributed by atoms with E-state index in [-0.39, 0.29) is 18.1 Å². The minimum absolute atomic E-state index is 0.0190. The zero-order chi connectivity index (χ0) is 13.0. The predicted octanol–water partition coefficient (Wildman–Crippen LogP) is -0.684. The maximum Gasteiger partial charge on any atom is 0.228 e. The van der Waals surface area contributed by atoms with Crippen molar-refractivity contribution in [2.24, 2.45) is 5.73 Å². The van der Waals surface area contributed by atoms with E-state index in [1.54, 1.807) is 6.92 Å². The number of sulfonamides is 1. The van der Waals surface area contributed by atoms with Gasteiger partial charge in [0.1, 0.15) is 0 Å². The van der Waals surface area contributed by atoms with Crippen LogP contribution in [0.3, 0.4) is 0 Å². The van der Waals surface area contributed by atoms with Crippen LogP contribution in [0, 0.1) is 0 Å². The Bertz CT molecular complexity index is 440. The van der Waals surface area contributed by atoms with Gasteiger partial charge in [0.15, 0.2) is 14.9 Å². The molecular weight excluding hydrogens is 272 g/mol. The molecule has 0 saturated heterocycles. The molecule has 0 radical (unpaired) electrons. The van der Waals surface area contributed by atoms with Crippen molar-refractivity contribution in [3.8, 4) is 0 Å². The molecule has 6 nitrogen and oxygen atoms in total. The average molecular weight is 288 g/mol. The summed E-state index contributed by atoms with van der Waals surface area (Å²) in [4.78, 5) is 0.0190. The Morgan fingerprint density at radius 2 is 1.81 bits per heavy atom. The second-order valence-electron chi connectivity index (χ2n) is 3.46. The first-order valence-corrected chi connectivity index (χ1v) is 8.60. The quantitative estimate of drug-likeness (QED) is 0.623. The van der Waals surface area contributed by atoms with E-state index in [1.807, 2.05) is 0 Å². The van der Waals surface area contributed by atoms with Crippen LogP contribution in [-0.2, 0) is 19.9 Å². The molecule has 0 aliphatic carbocycles. The van der Waals surface area contributed by atoms with Gasteiger partial charge in [0.05, 0.1) is 11.5 Å². The summed E-state index contributed by atoms with van der Waals surface area (Å²) in [5, 5.41) is -0.914. The van der Waals surface area contributed by atoms with Crippen LogP contribution in [0.2, 0.25) is 0 Å². The molecule has 0 saturated carbocycles. The van der Waals surface area contributed by atoms with E-state index in [9.17, 15) is 16.8 Å².